The van der Waals surface area contributed by atoms with Crippen LogP contribution in [0.15, 0.2) is 0 Å². The van der Waals surface area contributed by atoms with E-state index in [0.717, 1.165) is 44.3 Å². The molecule has 118 valence electrons. The third-order valence-corrected chi connectivity index (χ3v) is 4.75. The lowest BCUT2D eigenvalue weighted by Crippen LogP contribution is -2.30. The highest BCUT2D eigenvalue weighted by Gasteiger charge is 2.16. The Morgan fingerprint density at radius 1 is 1.00 bits per heavy atom. The fourth-order valence-electron chi connectivity index (χ4n) is 3.39. The molecule has 1 amide bonds. The van der Waals surface area contributed by atoms with Crippen LogP contribution in [0.1, 0.15) is 64.2 Å². The van der Waals surface area contributed by atoms with Crippen LogP contribution in [0.5, 0.6) is 0 Å². The Bertz CT molecular complexity index is 259. The molecule has 1 aliphatic heterocycles. The summed E-state index contributed by atoms with van der Waals surface area (Å²) in [6.45, 7) is 3.16. The molecule has 3 nitrogen and oxygen atoms in total. The van der Waals surface area contributed by atoms with E-state index in [9.17, 15) is 4.79 Å². The van der Waals surface area contributed by atoms with Gasteiger partial charge in [0.15, 0.2) is 0 Å². The molecule has 2 aliphatic rings. The van der Waals surface area contributed by atoms with Crippen LogP contribution in [0, 0.1) is 11.8 Å². The zero-order valence-corrected chi connectivity index (χ0v) is 13.5. The summed E-state index contributed by atoms with van der Waals surface area (Å²) in [6.07, 6.45) is 12.5. The number of hydrogen-bond donors (Lipinski definition) is 2. The van der Waals surface area contributed by atoms with E-state index in [0.29, 0.717) is 0 Å². The van der Waals surface area contributed by atoms with Crippen LogP contribution < -0.4 is 10.6 Å². The summed E-state index contributed by atoms with van der Waals surface area (Å²) < 4.78 is 0. The smallest absolute Gasteiger partial charge is 0.220 e. The van der Waals surface area contributed by atoms with E-state index in [2.05, 4.69) is 10.6 Å². The van der Waals surface area contributed by atoms with E-state index in [4.69, 9.17) is 0 Å². The molecule has 0 bridgehead atoms. The van der Waals surface area contributed by atoms with Gasteiger partial charge in [-0.3, -0.25) is 4.79 Å². The summed E-state index contributed by atoms with van der Waals surface area (Å²) in [5, 5.41) is 6.53. The van der Waals surface area contributed by atoms with Crippen molar-refractivity contribution in [2.75, 3.05) is 19.6 Å². The summed E-state index contributed by atoms with van der Waals surface area (Å²) in [4.78, 5) is 11.9. The molecule has 0 aromatic heterocycles. The minimum absolute atomic E-state index is 0. The monoisotopic (exact) mass is 302 g/mol. The molecule has 1 saturated heterocycles. The molecule has 0 radical (unpaired) electrons. The van der Waals surface area contributed by atoms with Crippen molar-refractivity contribution in [3.8, 4) is 0 Å². The first kappa shape index (κ1) is 17.8. The Kier molecular flexibility index (Phi) is 9.28. The van der Waals surface area contributed by atoms with Crippen LogP contribution in [0.2, 0.25) is 0 Å². The lowest BCUT2D eigenvalue weighted by Gasteiger charge is -2.20. The van der Waals surface area contributed by atoms with Crippen LogP contribution in [0.3, 0.4) is 0 Å². The minimum atomic E-state index is 0. The molecule has 20 heavy (non-hydrogen) atoms. The summed E-state index contributed by atoms with van der Waals surface area (Å²) in [6, 6.07) is 0. The van der Waals surface area contributed by atoms with Crippen molar-refractivity contribution < 1.29 is 4.79 Å². The highest BCUT2D eigenvalue weighted by molar-refractivity contribution is 5.85. The molecule has 4 heteroatoms. The van der Waals surface area contributed by atoms with Gasteiger partial charge in [-0.05, 0) is 50.6 Å². The van der Waals surface area contributed by atoms with Crippen LogP contribution >= 0.6 is 12.4 Å². The summed E-state index contributed by atoms with van der Waals surface area (Å²) >= 11 is 0. The first-order valence-corrected chi connectivity index (χ1v) is 8.32. The Morgan fingerprint density at radius 2 is 1.70 bits per heavy atom. The third-order valence-electron chi connectivity index (χ3n) is 4.75. The van der Waals surface area contributed by atoms with Crippen molar-refractivity contribution in [3.05, 3.63) is 0 Å². The average molecular weight is 303 g/mol. The van der Waals surface area contributed by atoms with Crippen LogP contribution in [0.25, 0.3) is 0 Å². The van der Waals surface area contributed by atoms with Crippen molar-refractivity contribution in [1.82, 2.24) is 10.6 Å². The van der Waals surface area contributed by atoms with Gasteiger partial charge >= 0.3 is 0 Å². The van der Waals surface area contributed by atoms with Crippen molar-refractivity contribution in [3.63, 3.8) is 0 Å². The molecule has 0 aromatic carbocycles. The van der Waals surface area contributed by atoms with Crippen molar-refractivity contribution in [2.45, 2.75) is 64.2 Å². The van der Waals surface area contributed by atoms with E-state index < -0.39 is 0 Å². The predicted molar refractivity (Wildman–Crippen MR) is 86.3 cm³/mol. The van der Waals surface area contributed by atoms with Gasteiger partial charge in [0.1, 0.15) is 0 Å². The molecule has 1 saturated carbocycles. The number of hydrogen-bond acceptors (Lipinski definition) is 2. The van der Waals surface area contributed by atoms with Gasteiger partial charge in [-0.15, -0.1) is 12.4 Å². The fraction of sp³-hybridized carbons (Fsp3) is 0.938. The first-order valence-electron chi connectivity index (χ1n) is 8.32. The normalized spacial score (nSPS) is 24.5. The van der Waals surface area contributed by atoms with Crippen LogP contribution in [-0.2, 0) is 4.79 Å². The van der Waals surface area contributed by atoms with E-state index in [1.807, 2.05) is 0 Å². The third kappa shape index (κ3) is 6.94. The maximum absolute atomic E-state index is 11.9. The van der Waals surface area contributed by atoms with Gasteiger partial charge in [-0.2, -0.15) is 0 Å². The van der Waals surface area contributed by atoms with Gasteiger partial charge in [-0.1, -0.05) is 32.1 Å². The SMILES string of the molecule is Cl.O=C(CCC1CCNC1)NCC1CCCCCCC1. The molecule has 0 aromatic rings. The van der Waals surface area contributed by atoms with Crippen molar-refractivity contribution in [2.24, 2.45) is 11.8 Å². The van der Waals surface area contributed by atoms with Gasteiger partial charge in [0.05, 0.1) is 0 Å². The zero-order valence-electron chi connectivity index (χ0n) is 12.7. The van der Waals surface area contributed by atoms with E-state index in [1.165, 1.54) is 51.4 Å². The van der Waals surface area contributed by atoms with Crippen LogP contribution in [0.4, 0.5) is 0 Å². The summed E-state index contributed by atoms with van der Waals surface area (Å²) in [7, 11) is 0. The molecule has 1 unspecified atom stereocenters. The van der Waals surface area contributed by atoms with E-state index in [1.54, 1.807) is 0 Å². The second kappa shape index (κ2) is 10.4. The molecule has 0 spiro atoms. The topological polar surface area (TPSA) is 41.1 Å². The fourth-order valence-corrected chi connectivity index (χ4v) is 3.39. The van der Waals surface area contributed by atoms with Crippen LogP contribution in [-0.4, -0.2) is 25.5 Å². The van der Waals surface area contributed by atoms with E-state index >= 15 is 0 Å². The summed E-state index contributed by atoms with van der Waals surface area (Å²) in [5.74, 6) is 1.73. The van der Waals surface area contributed by atoms with Gasteiger partial charge < -0.3 is 10.6 Å². The second-order valence-corrected chi connectivity index (χ2v) is 6.41. The highest BCUT2D eigenvalue weighted by Crippen LogP contribution is 2.21. The van der Waals surface area contributed by atoms with Crippen molar-refractivity contribution >= 4 is 18.3 Å². The molecule has 1 atom stereocenters. The van der Waals surface area contributed by atoms with Gasteiger partial charge in [0, 0.05) is 13.0 Å². The van der Waals surface area contributed by atoms with Gasteiger partial charge in [0.2, 0.25) is 5.91 Å². The van der Waals surface area contributed by atoms with Crippen molar-refractivity contribution in [1.29, 1.82) is 0 Å². The molecule has 1 aliphatic carbocycles. The molecule has 2 rings (SSSR count). The standard InChI is InChI=1S/C16H30N2O.ClH/c19-16(9-8-15-10-11-17-12-15)18-13-14-6-4-2-1-3-5-7-14;/h14-15,17H,1-13H2,(H,18,19);1H. The Labute approximate surface area is 130 Å². The Hall–Kier alpha value is -0.280. The molecule has 2 N–H and O–H groups in total. The number of amides is 1. The number of carbonyl (C=O) groups is 1. The maximum Gasteiger partial charge on any atom is 0.220 e. The lowest BCUT2D eigenvalue weighted by atomic mass is 9.91. The highest BCUT2D eigenvalue weighted by atomic mass is 35.5. The molecule has 1 heterocycles. The molecule has 2 fully saturated rings. The largest absolute Gasteiger partial charge is 0.356 e. The first-order chi connectivity index (χ1) is 9.34. The number of carbonyl (C=O) groups excluding carboxylic acids is 1. The molecular weight excluding hydrogens is 272 g/mol. The Balaban J connectivity index is 0.00000200. The van der Waals surface area contributed by atoms with Gasteiger partial charge in [-0.25, -0.2) is 0 Å². The maximum atomic E-state index is 11.9. The quantitative estimate of drug-likeness (QED) is 0.818. The number of halogens is 1. The minimum Gasteiger partial charge on any atom is -0.356 e. The van der Waals surface area contributed by atoms with Gasteiger partial charge in [0.25, 0.3) is 0 Å². The second-order valence-electron chi connectivity index (χ2n) is 6.41. The Morgan fingerprint density at radius 3 is 2.35 bits per heavy atom. The average Bonchev–Trinajstić information content (AvgIpc) is 2.88. The number of rotatable bonds is 5. The molecular formula is C16H31ClN2O. The zero-order chi connectivity index (χ0) is 13.3. The predicted octanol–water partition coefficient (Wildman–Crippen LogP) is 3.27. The lowest BCUT2D eigenvalue weighted by molar-refractivity contribution is -0.121. The summed E-state index contributed by atoms with van der Waals surface area (Å²) in [5.41, 5.74) is 0. The van der Waals surface area contributed by atoms with E-state index in [-0.39, 0.29) is 18.3 Å². The number of nitrogens with one attached hydrogen (secondary N) is 2.